The third-order valence-corrected chi connectivity index (χ3v) is 4.81. The number of hydrogen-bond donors (Lipinski definition) is 1. The maximum absolute atomic E-state index is 12.6. The summed E-state index contributed by atoms with van der Waals surface area (Å²) in [6.07, 6.45) is -0.693. The van der Waals surface area contributed by atoms with E-state index >= 15 is 0 Å². The largest absolute Gasteiger partial charge is 0.481 e. The number of sulfonamides is 1. The smallest absolute Gasteiger partial charge is 0.242 e. The Hall–Kier alpha value is -2.30. The van der Waals surface area contributed by atoms with Crippen LogP contribution in [-0.2, 0) is 16.4 Å². The van der Waals surface area contributed by atoms with Crippen LogP contribution in [-0.4, -0.2) is 36.5 Å². The van der Waals surface area contributed by atoms with Crippen LogP contribution in [0.1, 0.15) is 5.56 Å². The van der Waals surface area contributed by atoms with Crippen LogP contribution < -0.4 is 9.88 Å². The maximum Gasteiger partial charge on any atom is 0.242 e. The van der Waals surface area contributed by atoms with Gasteiger partial charge in [0.15, 0.2) is 0 Å². The molecule has 0 aliphatic rings. The third-order valence-electron chi connectivity index (χ3n) is 3.63. The molecular formula is C15H13ClF2N4O3S. The summed E-state index contributed by atoms with van der Waals surface area (Å²) >= 11 is 6.00. The average Bonchev–Trinajstić information content (AvgIpc) is 2.93. The van der Waals surface area contributed by atoms with Gasteiger partial charge in [-0.25, -0.2) is 27.3 Å². The minimum atomic E-state index is -4.02. The van der Waals surface area contributed by atoms with Crippen molar-refractivity contribution in [2.24, 2.45) is 5.14 Å². The van der Waals surface area contributed by atoms with E-state index in [4.69, 9.17) is 21.5 Å². The summed E-state index contributed by atoms with van der Waals surface area (Å²) in [6, 6.07) is 4.56. The second-order valence-electron chi connectivity index (χ2n) is 5.37. The van der Waals surface area contributed by atoms with Crippen LogP contribution >= 0.6 is 11.6 Å². The average molecular weight is 403 g/mol. The highest BCUT2D eigenvalue weighted by molar-refractivity contribution is 7.89. The van der Waals surface area contributed by atoms with Crippen LogP contribution in [0.3, 0.4) is 0 Å². The molecule has 0 radical (unpaired) electrons. The number of methoxy groups -OCH3 is 1. The molecule has 2 heterocycles. The van der Waals surface area contributed by atoms with Gasteiger partial charge in [0.05, 0.1) is 12.6 Å². The van der Waals surface area contributed by atoms with Crippen LogP contribution in [0.4, 0.5) is 8.78 Å². The van der Waals surface area contributed by atoms with Crippen molar-refractivity contribution < 1.29 is 21.9 Å². The molecule has 0 bridgehead atoms. The molecule has 3 rings (SSSR count). The number of hydrogen-bond acceptors (Lipinski definition) is 5. The predicted octanol–water partition coefficient (Wildman–Crippen LogP) is 2.54. The zero-order valence-corrected chi connectivity index (χ0v) is 14.9. The lowest BCUT2D eigenvalue weighted by Gasteiger charge is -2.09. The second kappa shape index (κ2) is 6.78. The lowest BCUT2D eigenvalue weighted by Crippen LogP contribution is -2.11. The van der Waals surface area contributed by atoms with Gasteiger partial charge in [0, 0.05) is 34.8 Å². The molecule has 0 aliphatic carbocycles. The Morgan fingerprint density at radius 2 is 2.12 bits per heavy atom. The summed E-state index contributed by atoms with van der Waals surface area (Å²) in [5, 5.41) is 5.95. The molecule has 0 aliphatic heterocycles. The molecule has 26 heavy (non-hydrogen) atoms. The quantitative estimate of drug-likeness (QED) is 0.706. The number of benzene rings is 1. The Morgan fingerprint density at radius 1 is 1.38 bits per heavy atom. The molecule has 7 nitrogen and oxygen atoms in total. The fourth-order valence-corrected chi connectivity index (χ4v) is 3.44. The Balaban J connectivity index is 2.24. The van der Waals surface area contributed by atoms with E-state index in [-0.39, 0.29) is 22.3 Å². The lowest BCUT2D eigenvalue weighted by atomic mass is 10.2. The number of halogens is 3. The lowest BCUT2D eigenvalue weighted by molar-refractivity contribution is 0.147. The first-order valence-electron chi connectivity index (χ1n) is 7.22. The first kappa shape index (κ1) is 18.5. The maximum atomic E-state index is 12.6. The van der Waals surface area contributed by atoms with Gasteiger partial charge in [-0.2, -0.15) is 4.98 Å². The van der Waals surface area contributed by atoms with Crippen LogP contribution in [0.15, 0.2) is 35.5 Å². The molecule has 0 fully saturated rings. The summed E-state index contributed by atoms with van der Waals surface area (Å²) in [4.78, 5) is 8.02. The second-order valence-corrected chi connectivity index (χ2v) is 7.34. The van der Waals surface area contributed by atoms with E-state index in [1.165, 1.54) is 42.3 Å². The van der Waals surface area contributed by atoms with Crippen molar-refractivity contribution in [3.63, 3.8) is 0 Å². The van der Waals surface area contributed by atoms with E-state index in [0.29, 0.717) is 15.9 Å². The summed E-state index contributed by atoms with van der Waals surface area (Å²) in [5.74, 6) is -0.00151. The van der Waals surface area contributed by atoms with Crippen molar-refractivity contribution in [1.29, 1.82) is 0 Å². The number of alkyl halides is 2. The molecule has 3 aromatic rings. The molecule has 0 spiro atoms. The normalized spacial score (nSPS) is 12.1. The highest BCUT2D eigenvalue weighted by Gasteiger charge is 2.21. The van der Waals surface area contributed by atoms with Crippen LogP contribution in [0.2, 0.25) is 5.02 Å². The van der Waals surface area contributed by atoms with Gasteiger partial charge in [-0.3, -0.25) is 4.57 Å². The molecule has 11 heteroatoms. The van der Waals surface area contributed by atoms with Gasteiger partial charge < -0.3 is 4.74 Å². The number of fused-ring (bicyclic) bond motifs is 1. The minimum absolute atomic E-state index is 0.0297. The molecule has 0 amide bonds. The zero-order chi connectivity index (χ0) is 19.1. The van der Waals surface area contributed by atoms with E-state index < -0.39 is 22.9 Å². The molecule has 138 valence electrons. The minimum Gasteiger partial charge on any atom is -0.481 e. The van der Waals surface area contributed by atoms with Gasteiger partial charge in [0.25, 0.3) is 0 Å². The third kappa shape index (κ3) is 3.48. The zero-order valence-electron chi connectivity index (χ0n) is 13.4. The summed E-state index contributed by atoms with van der Waals surface area (Å²) in [7, 11) is -2.73. The number of rotatable bonds is 5. The van der Waals surface area contributed by atoms with Gasteiger partial charge in [-0.1, -0.05) is 11.6 Å². The summed E-state index contributed by atoms with van der Waals surface area (Å²) in [6.45, 7) is 0. The molecule has 2 N–H and O–H groups in total. The van der Waals surface area contributed by atoms with Gasteiger partial charge in [-0.05, 0) is 18.2 Å². The summed E-state index contributed by atoms with van der Waals surface area (Å²) < 4.78 is 55.4. The standard InChI is InChI=1S/C15H13ClF2N4O3S/c1-25-14-8(4-13(17)18)6-20-15(21-14)22-7-12(26(19,23)24)10-3-2-9(16)5-11(10)22/h2-3,5-7,13H,4H2,1H3,(H2,19,23,24). The van der Waals surface area contributed by atoms with Crippen molar-refractivity contribution in [2.75, 3.05) is 7.11 Å². The summed E-state index contributed by atoms with van der Waals surface area (Å²) in [5.41, 5.74) is 0.526. The fourth-order valence-electron chi connectivity index (χ4n) is 2.54. The first-order chi connectivity index (χ1) is 12.2. The van der Waals surface area contributed by atoms with Crippen molar-refractivity contribution in [3.05, 3.63) is 41.2 Å². The van der Waals surface area contributed by atoms with Crippen molar-refractivity contribution >= 4 is 32.5 Å². The predicted molar refractivity (Wildman–Crippen MR) is 91.5 cm³/mol. The number of aromatic nitrogens is 3. The van der Waals surface area contributed by atoms with E-state index in [1.807, 2.05) is 0 Å². The molecular weight excluding hydrogens is 390 g/mol. The van der Waals surface area contributed by atoms with Crippen LogP contribution in [0, 0.1) is 0 Å². The van der Waals surface area contributed by atoms with Crippen molar-refractivity contribution in [3.8, 4) is 11.8 Å². The molecule has 2 aromatic heterocycles. The van der Waals surface area contributed by atoms with E-state index in [9.17, 15) is 17.2 Å². The van der Waals surface area contributed by atoms with Gasteiger partial charge >= 0.3 is 0 Å². The van der Waals surface area contributed by atoms with Crippen LogP contribution in [0.25, 0.3) is 16.9 Å². The first-order valence-corrected chi connectivity index (χ1v) is 9.15. The monoisotopic (exact) mass is 402 g/mol. The van der Waals surface area contributed by atoms with Crippen LogP contribution in [0.5, 0.6) is 5.88 Å². The highest BCUT2D eigenvalue weighted by Crippen LogP contribution is 2.29. The van der Waals surface area contributed by atoms with Crippen molar-refractivity contribution in [2.45, 2.75) is 17.7 Å². The fraction of sp³-hybridized carbons (Fsp3) is 0.200. The van der Waals surface area contributed by atoms with Crippen molar-refractivity contribution in [1.82, 2.24) is 14.5 Å². The van der Waals surface area contributed by atoms with E-state index in [1.54, 1.807) is 0 Å². The number of nitrogens with zero attached hydrogens (tertiary/aromatic N) is 3. The Labute approximate surface area is 152 Å². The van der Waals surface area contributed by atoms with E-state index in [2.05, 4.69) is 9.97 Å². The number of primary sulfonamides is 1. The van der Waals surface area contributed by atoms with Gasteiger partial charge in [0.1, 0.15) is 4.90 Å². The SMILES string of the molecule is COc1nc(-n2cc(S(N)(=O)=O)c3ccc(Cl)cc32)ncc1CC(F)F. The highest BCUT2D eigenvalue weighted by atomic mass is 35.5. The van der Waals surface area contributed by atoms with E-state index in [0.717, 1.165) is 0 Å². The molecule has 0 saturated heterocycles. The molecule has 0 atom stereocenters. The number of ether oxygens (including phenoxy) is 1. The Bertz CT molecular complexity index is 1090. The Kier molecular flexibility index (Phi) is 4.82. The van der Waals surface area contributed by atoms with Gasteiger partial charge in [0.2, 0.25) is 28.3 Å². The Morgan fingerprint density at radius 3 is 2.73 bits per heavy atom. The number of nitrogens with two attached hydrogens (primary N) is 1. The molecule has 0 saturated carbocycles. The van der Waals surface area contributed by atoms with Gasteiger partial charge in [-0.15, -0.1) is 0 Å². The molecule has 1 aromatic carbocycles. The molecule has 0 unspecified atom stereocenters. The topological polar surface area (TPSA) is 100 Å².